The predicted octanol–water partition coefficient (Wildman–Crippen LogP) is 2.06. The molecule has 0 aromatic carbocycles. The van der Waals surface area contributed by atoms with Crippen LogP contribution in [0.5, 0.6) is 0 Å². The van der Waals surface area contributed by atoms with Crippen molar-refractivity contribution in [2.75, 3.05) is 5.75 Å². The number of halogens is 1. The van der Waals surface area contributed by atoms with Crippen molar-refractivity contribution in [3.63, 3.8) is 0 Å². The maximum atomic E-state index is 10.7. The molecule has 64 valence electrons. The molecule has 1 atom stereocenters. The summed E-state index contributed by atoms with van der Waals surface area (Å²) in [5.41, 5.74) is 0. The van der Waals surface area contributed by atoms with Crippen LogP contribution in [-0.2, 0) is 9.59 Å². The molecular formula is C7H11ClO2S. The number of hydrogen-bond acceptors (Lipinski definition) is 3. The molecule has 0 heterocycles. The van der Waals surface area contributed by atoms with Gasteiger partial charge in [-0.05, 0) is 11.6 Å². The molecule has 0 spiro atoms. The first-order chi connectivity index (χ1) is 5.07. The first-order valence-corrected chi connectivity index (χ1v) is 4.79. The van der Waals surface area contributed by atoms with Crippen molar-refractivity contribution in [1.29, 1.82) is 0 Å². The fourth-order valence-electron chi connectivity index (χ4n) is 0.386. The summed E-state index contributed by atoms with van der Waals surface area (Å²) in [6.45, 7) is 3.51. The minimum absolute atomic E-state index is 0.106. The van der Waals surface area contributed by atoms with E-state index in [1.54, 1.807) is 13.8 Å². The third-order valence-corrected chi connectivity index (χ3v) is 2.82. The van der Waals surface area contributed by atoms with E-state index < -0.39 is 0 Å². The second-order valence-electron chi connectivity index (χ2n) is 2.24. The lowest BCUT2D eigenvalue weighted by Crippen LogP contribution is -2.08. The van der Waals surface area contributed by atoms with E-state index >= 15 is 0 Å². The number of rotatable bonds is 4. The Kier molecular flexibility index (Phi) is 5.60. The highest BCUT2D eigenvalue weighted by molar-refractivity contribution is 8.13. The highest BCUT2D eigenvalue weighted by Crippen LogP contribution is 2.12. The van der Waals surface area contributed by atoms with Gasteiger partial charge in [-0.2, -0.15) is 0 Å². The highest BCUT2D eigenvalue weighted by atomic mass is 35.5. The third-order valence-electron chi connectivity index (χ3n) is 1.17. The van der Waals surface area contributed by atoms with E-state index in [9.17, 15) is 9.59 Å². The summed E-state index contributed by atoms with van der Waals surface area (Å²) < 4.78 is 0. The van der Waals surface area contributed by atoms with Crippen LogP contribution < -0.4 is 0 Å². The standard InChI is InChI=1S/C7H11ClO2S/c1-3-6(9)11-4-5(2)7(8)10/h5H,3-4H2,1-2H3. The van der Waals surface area contributed by atoms with Crippen LogP contribution in [0.25, 0.3) is 0 Å². The molecule has 0 aliphatic carbocycles. The van der Waals surface area contributed by atoms with Gasteiger partial charge >= 0.3 is 0 Å². The monoisotopic (exact) mass is 194 g/mol. The van der Waals surface area contributed by atoms with Gasteiger partial charge in [0, 0.05) is 18.1 Å². The van der Waals surface area contributed by atoms with Crippen molar-refractivity contribution in [1.82, 2.24) is 0 Å². The molecule has 0 saturated heterocycles. The SMILES string of the molecule is CCC(=O)SCC(C)C(=O)Cl. The van der Waals surface area contributed by atoms with Crippen molar-refractivity contribution in [3.8, 4) is 0 Å². The molecular weight excluding hydrogens is 184 g/mol. The number of carbonyl (C=O) groups excluding carboxylic acids is 2. The smallest absolute Gasteiger partial charge is 0.225 e. The average molecular weight is 195 g/mol. The maximum absolute atomic E-state index is 10.7. The summed E-state index contributed by atoms with van der Waals surface area (Å²) in [5.74, 6) is 0.270. The second-order valence-corrected chi connectivity index (χ2v) is 3.69. The van der Waals surface area contributed by atoms with Gasteiger partial charge in [0.1, 0.15) is 0 Å². The number of thioether (sulfide) groups is 1. The molecule has 0 aliphatic heterocycles. The van der Waals surface area contributed by atoms with Crippen molar-refractivity contribution >= 4 is 33.7 Å². The molecule has 0 amide bonds. The van der Waals surface area contributed by atoms with Crippen LogP contribution in [-0.4, -0.2) is 16.1 Å². The van der Waals surface area contributed by atoms with E-state index in [2.05, 4.69) is 0 Å². The van der Waals surface area contributed by atoms with Crippen LogP contribution in [0.1, 0.15) is 20.3 Å². The lowest BCUT2D eigenvalue weighted by Gasteiger charge is -2.02. The Morgan fingerprint density at radius 2 is 2.09 bits per heavy atom. The summed E-state index contributed by atoms with van der Waals surface area (Å²) >= 11 is 6.36. The molecule has 0 saturated carbocycles. The average Bonchev–Trinajstić information content (AvgIpc) is 1.99. The molecule has 0 rings (SSSR count). The lowest BCUT2D eigenvalue weighted by molar-refractivity contribution is -0.114. The minimum atomic E-state index is -0.374. The van der Waals surface area contributed by atoms with E-state index in [1.165, 1.54) is 11.8 Å². The van der Waals surface area contributed by atoms with Gasteiger partial charge in [-0.25, -0.2) is 0 Å². The molecule has 1 unspecified atom stereocenters. The van der Waals surface area contributed by atoms with Crippen LogP contribution >= 0.6 is 23.4 Å². The molecule has 0 aromatic heterocycles. The highest BCUT2D eigenvalue weighted by Gasteiger charge is 2.11. The van der Waals surface area contributed by atoms with Crippen molar-refractivity contribution in [3.05, 3.63) is 0 Å². The molecule has 0 aromatic rings. The van der Waals surface area contributed by atoms with E-state index in [1.807, 2.05) is 0 Å². The maximum Gasteiger partial charge on any atom is 0.225 e. The fourth-order valence-corrected chi connectivity index (χ4v) is 1.35. The van der Waals surface area contributed by atoms with Crippen LogP contribution in [0.4, 0.5) is 0 Å². The Labute approximate surface area is 75.7 Å². The summed E-state index contributed by atoms with van der Waals surface area (Å²) in [6, 6.07) is 0. The van der Waals surface area contributed by atoms with Gasteiger partial charge in [0.25, 0.3) is 0 Å². The van der Waals surface area contributed by atoms with Gasteiger partial charge in [0.15, 0.2) is 5.12 Å². The lowest BCUT2D eigenvalue weighted by atomic mass is 10.2. The molecule has 0 N–H and O–H groups in total. The van der Waals surface area contributed by atoms with E-state index in [-0.39, 0.29) is 16.3 Å². The van der Waals surface area contributed by atoms with E-state index in [4.69, 9.17) is 11.6 Å². The third kappa shape index (κ3) is 5.27. The zero-order valence-corrected chi connectivity index (χ0v) is 8.17. The summed E-state index contributed by atoms with van der Waals surface area (Å²) in [7, 11) is 0. The van der Waals surface area contributed by atoms with Gasteiger partial charge in [0.2, 0.25) is 5.24 Å². The van der Waals surface area contributed by atoms with Crippen molar-refractivity contribution in [2.24, 2.45) is 5.92 Å². The molecule has 0 bridgehead atoms. The molecule has 0 aliphatic rings. The van der Waals surface area contributed by atoms with Gasteiger partial charge in [-0.1, -0.05) is 25.6 Å². The topological polar surface area (TPSA) is 34.1 Å². The molecule has 0 fully saturated rings. The number of hydrogen-bond donors (Lipinski definition) is 0. The van der Waals surface area contributed by atoms with Gasteiger partial charge in [-0.3, -0.25) is 9.59 Å². The Hall–Kier alpha value is -0.0200. The summed E-state index contributed by atoms with van der Waals surface area (Å²) in [5, 5.41) is -0.267. The first kappa shape index (κ1) is 11.0. The Bertz CT molecular complexity index is 159. The number of carbonyl (C=O) groups is 2. The minimum Gasteiger partial charge on any atom is -0.287 e. The van der Waals surface area contributed by atoms with E-state index in [0.717, 1.165) is 0 Å². The quantitative estimate of drug-likeness (QED) is 0.643. The van der Waals surface area contributed by atoms with Gasteiger partial charge in [-0.15, -0.1) is 0 Å². The van der Waals surface area contributed by atoms with Crippen LogP contribution in [0.3, 0.4) is 0 Å². The van der Waals surface area contributed by atoms with Crippen LogP contribution in [0.2, 0.25) is 0 Å². The van der Waals surface area contributed by atoms with Crippen molar-refractivity contribution in [2.45, 2.75) is 20.3 Å². The normalized spacial score (nSPS) is 12.6. The molecule has 4 heteroatoms. The van der Waals surface area contributed by atoms with Gasteiger partial charge < -0.3 is 0 Å². The summed E-state index contributed by atoms with van der Waals surface area (Å²) in [4.78, 5) is 21.2. The summed E-state index contributed by atoms with van der Waals surface area (Å²) in [6.07, 6.45) is 0.508. The Morgan fingerprint density at radius 1 is 1.55 bits per heavy atom. The largest absolute Gasteiger partial charge is 0.287 e. The predicted molar refractivity (Wildman–Crippen MR) is 47.8 cm³/mol. The molecule has 0 radical (unpaired) electrons. The first-order valence-electron chi connectivity index (χ1n) is 3.42. The van der Waals surface area contributed by atoms with Crippen LogP contribution in [0.15, 0.2) is 0 Å². The zero-order valence-electron chi connectivity index (χ0n) is 6.59. The molecule has 11 heavy (non-hydrogen) atoms. The molecule has 2 nitrogen and oxygen atoms in total. The fraction of sp³-hybridized carbons (Fsp3) is 0.714. The second kappa shape index (κ2) is 5.61. The Balaban J connectivity index is 3.54. The Morgan fingerprint density at radius 3 is 2.45 bits per heavy atom. The van der Waals surface area contributed by atoms with Crippen molar-refractivity contribution < 1.29 is 9.59 Å². The van der Waals surface area contributed by atoms with Gasteiger partial charge in [0.05, 0.1) is 0 Å². The van der Waals surface area contributed by atoms with E-state index in [0.29, 0.717) is 12.2 Å². The zero-order chi connectivity index (χ0) is 8.85. The van der Waals surface area contributed by atoms with Crippen LogP contribution in [0, 0.1) is 5.92 Å².